The van der Waals surface area contributed by atoms with E-state index in [1.165, 1.54) is 12.1 Å². The first-order chi connectivity index (χ1) is 10.7. The van der Waals surface area contributed by atoms with Gasteiger partial charge in [0.1, 0.15) is 0 Å². The molecule has 130 valence electrons. The predicted octanol–water partition coefficient (Wildman–Crippen LogP) is 2.72. The molecule has 8 heteroatoms. The second kappa shape index (κ2) is 7.19. The summed E-state index contributed by atoms with van der Waals surface area (Å²) in [5.41, 5.74) is -1.14. The number of benzene rings is 1. The van der Waals surface area contributed by atoms with Crippen LogP contribution < -0.4 is 4.72 Å². The normalized spacial score (nSPS) is 18.3. The minimum atomic E-state index is -4.70. The summed E-state index contributed by atoms with van der Waals surface area (Å²) in [5, 5.41) is 0. The van der Waals surface area contributed by atoms with E-state index in [-0.39, 0.29) is 6.54 Å². The number of sulfonamides is 1. The average Bonchev–Trinajstić information content (AvgIpc) is 2.48. The first kappa shape index (κ1) is 18.2. The summed E-state index contributed by atoms with van der Waals surface area (Å²) in [5.74, 6) is 0.668. The van der Waals surface area contributed by atoms with Gasteiger partial charge in [0.25, 0.3) is 0 Å². The van der Waals surface area contributed by atoms with Gasteiger partial charge in [-0.25, -0.2) is 13.1 Å². The van der Waals surface area contributed by atoms with E-state index in [9.17, 15) is 21.6 Å². The fourth-order valence-electron chi connectivity index (χ4n) is 2.64. The van der Waals surface area contributed by atoms with Gasteiger partial charge in [-0.15, -0.1) is 0 Å². The molecule has 0 radical (unpaired) electrons. The van der Waals surface area contributed by atoms with E-state index >= 15 is 0 Å². The van der Waals surface area contributed by atoms with E-state index in [2.05, 4.69) is 16.5 Å². The van der Waals surface area contributed by atoms with Crippen LogP contribution in [0.1, 0.15) is 25.3 Å². The van der Waals surface area contributed by atoms with Crippen LogP contribution in [0.25, 0.3) is 0 Å². The number of piperidine rings is 1. The fourth-order valence-corrected chi connectivity index (χ4v) is 3.88. The van der Waals surface area contributed by atoms with Gasteiger partial charge in [0.2, 0.25) is 10.0 Å². The highest BCUT2D eigenvalue weighted by atomic mass is 32.2. The van der Waals surface area contributed by atoms with Crippen LogP contribution in [0.5, 0.6) is 0 Å². The minimum Gasteiger partial charge on any atom is -0.302 e. The Bertz CT molecular complexity index is 624. The number of halogens is 3. The third kappa shape index (κ3) is 4.92. The maximum Gasteiger partial charge on any atom is 0.417 e. The van der Waals surface area contributed by atoms with Crippen LogP contribution in [0.15, 0.2) is 29.2 Å². The lowest BCUT2D eigenvalue weighted by atomic mass is 9.99. The number of hydrogen-bond donors (Lipinski definition) is 1. The molecule has 0 atom stereocenters. The molecule has 0 unspecified atom stereocenters. The molecule has 0 spiro atoms. The zero-order chi connectivity index (χ0) is 17.1. The highest BCUT2D eigenvalue weighted by molar-refractivity contribution is 7.89. The molecular weight excluding hydrogens is 329 g/mol. The Balaban J connectivity index is 2.00. The van der Waals surface area contributed by atoms with E-state index in [4.69, 9.17) is 0 Å². The van der Waals surface area contributed by atoms with Gasteiger partial charge in [-0.05, 0) is 44.0 Å². The molecule has 23 heavy (non-hydrogen) atoms. The maximum atomic E-state index is 12.9. The number of hydrogen-bond acceptors (Lipinski definition) is 3. The Morgan fingerprint density at radius 1 is 1.22 bits per heavy atom. The largest absolute Gasteiger partial charge is 0.417 e. The first-order valence-corrected chi connectivity index (χ1v) is 9.07. The van der Waals surface area contributed by atoms with E-state index in [1.807, 2.05) is 0 Å². The molecule has 0 amide bonds. The van der Waals surface area contributed by atoms with Gasteiger partial charge in [0.15, 0.2) is 0 Å². The van der Waals surface area contributed by atoms with E-state index < -0.39 is 26.7 Å². The van der Waals surface area contributed by atoms with Crippen molar-refractivity contribution in [2.24, 2.45) is 5.92 Å². The van der Waals surface area contributed by atoms with Crippen LogP contribution >= 0.6 is 0 Å². The van der Waals surface area contributed by atoms with Gasteiger partial charge in [-0.3, -0.25) is 0 Å². The number of nitrogens with zero attached hydrogens (tertiary/aromatic N) is 1. The zero-order valence-corrected chi connectivity index (χ0v) is 13.8. The van der Waals surface area contributed by atoms with Crippen molar-refractivity contribution in [1.82, 2.24) is 9.62 Å². The standard InChI is InChI=1S/C15H21F3N2O2S/c1-12-6-9-20(10-7-12)11-8-19-23(21,22)14-5-3-2-4-13(14)15(16,17)18/h2-5,12,19H,6-11H2,1H3. The highest BCUT2D eigenvalue weighted by Crippen LogP contribution is 2.33. The van der Waals surface area contributed by atoms with Crippen LogP contribution in [0, 0.1) is 5.92 Å². The van der Waals surface area contributed by atoms with Crippen molar-refractivity contribution in [2.45, 2.75) is 30.8 Å². The van der Waals surface area contributed by atoms with Crippen LogP contribution in [-0.2, 0) is 16.2 Å². The van der Waals surface area contributed by atoms with Gasteiger partial charge < -0.3 is 4.90 Å². The Morgan fingerprint density at radius 2 is 1.83 bits per heavy atom. The van der Waals surface area contributed by atoms with Gasteiger partial charge >= 0.3 is 6.18 Å². The number of nitrogens with one attached hydrogen (secondary N) is 1. The second-order valence-electron chi connectivity index (χ2n) is 5.92. The van der Waals surface area contributed by atoms with Crippen molar-refractivity contribution in [3.05, 3.63) is 29.8 Å². The maximum absolute atomic E-state index is 12.9. The summed E-state index contributed by atoms with van der Waals surface area (Å²) >= 11 is 0. The molecule has 0 bridgehead atoms. The fraction of sp³-hybridized carbons (Fsp3) is 0.600. The Kier molecular flexibility index (Phi) is 5.70. The molecular formula is C15H21F3N2O2S. The smallest absolute Gasteiger partial charge is 0.302 e. The molecule has 1 aromatic rings. The molecule has 1 fully saturated rings. The summed E-state index contributed by atoms with van der Waals surface area (Å²) in [6, 6.07) is 4.22. The quantitative estimate of drug-likeness (QED) is 0.888. The van der Waals surface area contributed by atoms with Gasteiger partial charge in [0.05, 0.1) is 10.5 Å². The highest BCUT2D eigenvalue weighted by Gasteiger charge is 2.36. The summed E-state index contributed by atoms with van der Waals surface area (Å²) in [7, 11) is -4.18. The molecule has 4 nitrogen and oxygen atoms in total. The summed E-state index contributed by atoms with van der Waals surface area (Å²) in [6.07, 6.45) is -2.58. The molecule has 1 heterocycles. The van der Waals surface area contributed by atoms with Crippen molar-refractivity contribution in [3.63, 3.8) is 0 Å². The molecule has 0 aliphatic carbocycles. The van der Waals surface area contributed by atoms with Crippen molar-refractivity contribution in [2.75, 3.05) is 26.2 Å². The van der Waals surface area contributed by atoms with Crippen molar-refractivity contribution >= 4 is 10.0 Å². The van der Waals surface area contributed by atoms with Crippen LogP contribution in [0.2, 0.25) is 0 Å². The third-order valence-electron chi connectivity index (χ3n) is 4.08. The lowest BCUT2D eigenvalue weighted by molar-refractivity contribution is -0.139. The van der Waals surface area contributed by atoms with E-state index in [1.54, 1.807) is 0 Å². The third-order valence-corrected chi connectivity index (χ3v) is 5.60. The summed E-state index contributed by atoms with van der Waals surface area (Å²) in [4.78, 5) is 1.40. The lowest BCUT2D eigenvalue weighted by Gasteiger charge is -2.30. The Labute approximate surface area is 134 Å². The van der Waals surface area contributed by atoms with Crippen molar-refractivity contribution < 1.29 is 21.6 Å². The Hall–Kier alpha value is -1.12. The van der Waals surface area contributed by atoms with Crippen LogP contribution in [0.3, 0.4) is 0 Å². The van der Waals surface area contributed by atoms with Gasteiger partial charge in [-0.1, -0.05) is 19.1 Å². The van der Waals surface area contributed by atoms with E-state index in [0.29, 0.717) is 12.5 Å². The summed E-state index contributed by atoms with van der Waals surface area (Å²) in [6.45, 7) is 4.56. The minimum absolute atomic E-state index is 0.100. The molecule has 1 N–H and O–H groups in total. The average molecular weight is 350 g/mol. The Morgan fingerprint density at radius 3 is 2.43 bits per heavy atom. The number of rotatable bonds is 5. The first-order valence-electron chi connectivity index (χ1n) is 7.58. The topological polar surface area (TPSA) is 49.4 Å². The second-order valence-corrected chi connectivity index (χ2v) is 7.65. The number of alkyl halides is 3. The predicted molar refractivity (Wildman–Crippen MR) is 81.5 cm³/mol. The van der Waals surface area contributed by atoms with Gasteiger partial charge in [0, 0.05) is 13.1 Å². The molecule has 1 aromatic carbocycles. The van der Waals surface area contributed by atoms with Crippen molar-refractivity contribution in [3.8, 4) is 0 Å². The summed E-state index contributed by atoms with van der Waals surface area (Å²) < 4.78 is 65.4. The zero-order valence-electron chi connectivity index (χ0n) is 12.9. The molecule has 1 aliphatic heterocycles. The van der Waals surface area contributed by atoms with Crippen LogP contribution in [-0.4, -0.2) is 39.5 Å². The lowest BCUT2D eigenvalue weighted by Crippen LogP contribution is -2.39. The van der Waals surface area contributed by atoms with Crippen molar-refractivity contribution in [1.29, 1.82) is 0 Å². The van der Waals surface area contributed by atoms with Crippen LogP contribution in [0.4, 0.5) is 13.2 Å². The van der Waals surface area contributed by atoms with Gasteiger partial charge in [-0.2, -0.15) is 13.2 Å². The SMILES string of the molecule is CC1CCN(CCNS(=O)(=O)c2ccccc2C(F)(F)F)CC1. The molecule has 0 saturated carbocycles. The molecule has 2 rings (SSSR count). The molecule has 1 saturated heterocycles. The monoisotopic (exact) mass is 350 g/mol. The van der Waals surface area contributed by atoms with E-state index in [0.717, 1.165) is 38.1 Å². The molecule has 1 aliphatic rings. The number of likely N-dealkylation sites (tertiary alicyclic amines) is 1. The molecule has 0 aromatic heterocycles.